The van der Waals surface area contributed by atoms with Gasteiger partial charge in [-0.2, -0.15) is 0 Å². The fraction of sp³-hybridized carbons (Fsp3) is 0.304. The summed E-state index contributed by atoms with van der Waals surface area (Å²) in [6.45, 7) is 1.63. The number of benzene rings is 2. The Morgan fingerprint density at radius 3 is 2.53 bits per heavy atom. The van der Waals surface area contributed by atoms with E-state index >= 15 is 0 Å². The monoisotopic (exact) mass is 433 g/mol. The number of hydrogen-bond donors (Lipinski definition) is 1. The first-order valence-electron chi connectivity index (χ1n) is 10.4. The predicted octanol–water partition coefficient (Wildman–Crippen LogP) is 1.81. The van der Waals surface area contributed by atoms with E-state index < -0.39 is 5.66 Å². The molecule has 0 radical (unpaired) electrons. The van der Waals surface area contributed by atoms with Gasteiger partial charge in [-0.1, -0.05) is 12.1 Å². The van der Waals surface area contributed by atoms with E-state index in [-0.39, 0.29) is 30.0 Å². The predicted molar refractivity (Wildman–Crippen MR) is 119 cm³/mol. The van der Waals surface area contributed by atoms with Crippen molar-refractivity contribution < 1.29 is 14.4 Å². The Labute approximate surface area is 183 Å². The molecule has 2 aliphatic rings. The van der Waals surface area contributed by atoms with E-state index in [4.69, 9.17) is 0 Å². The van der Waals surface area contributed by atoms with Crippen LogP contribution in [0.3, 0.4) is 0 Å². The number of amides is 3. The van der Waals surface area contributed by atoms with Crippen LogP contribution in [0.2, 0.25) is 0 Å². The second-order valence-electron chi connectivity index (χ2n) is 8.51. The van der Waals surface area contributed by atoms with E-state index in [1.165, 1.54) is 14.0 Å². The van der Waals surface area contributed by atoms with Crippen molar-refractivity contribution in [2.45, 2.75) is 25.4 Å². The van der Waals surface area contributed by atoms with Crippen molar-refractivity contribution in [1.82, 2.24) is 14.0 Å². The number of rotatable bonds is 3. The number of imidazole rings is 1. The summed E-state index contributed by atoms with van der Waals surface area (Å²) >= 11 is 0. The summed E-state index contributed by atoms with van der Waals surface area (Å²) in [6, 6.07) is 12.2. The molecule has 3 heterocycles. The van der Waals surface area contributed by atoms with Crippen LogP contribution in [0.25, 0.3) is 11.0 Å². The van der Waals surface area contributed by atoms with E-state index in [9.17, 15) is 19.2 Å². The van der Waals surface area contributed by atoms with Gasteiger partial charge in [0, 0.05) is 26.2 Å². The van der Waals surface area contributed by atoms with Gasteiger partial charge in [0.25, 0.3) is 5.91 Å². The van der Waals surface area contributed by atoms with Gasteiger partial charge in [0.05, 0.1) is 22.3 Å². The van der Waals surface area contributed by atoms with E-state index in [1.54, 1.807) is 61.5 Å². The largest absolute Gasteiger partial charge is 0.328 e. The van der Waals surface area contributed by atoms with E-state index in [2.05, 4.69) is 5.32 Å². The average molecular weight is 433 g/mol. The van der Waals surface area contributed by atoms with Gasteiger partial charge in [-0.05, 0) is 43.7 Å². The molecule has 0 spiro atoms. The van der Waals surface area contributed by atoms with Crippen LogP contribution in [-0.2, 0) is 23.7 Å². The fourth-order valence-corrected chi connectivity index (χ4v) is 4.87. The molecule has 9 nitrogen and oxygen atoms in total. The van der Waals surface area contributed by atoms with Crippen LogP contribution in [0.15, 0.2) is 47.3 Å². The first-order valence-corrected chi connectivity index (χ1v) is 10.4. The van der Waals surface area contributed by atoms with Gasteiger partial charge in [0.15, 0.2) is 0 Å². The number of fused-ring (bicyclic) bond motifs is 4. The molecule has 1 saturated heterocycles. The second-order valence-corrected chi connectivity index (χ2v) is 8.51. The van der Waals surface area contributed by atoms with Crippen LogP contribution in [-0.4, -0.2) is 44.0 Å². The zero-order valence-corrected chi connectivity index (χ0v) is 18.1. The lowest BCUT2D eigenvalue weighted by Gasteiger charge is -2.48. The van der Waals surface area contributed by atoms with Crippen molar-refractivity contribution >= 4 is 40.1 Å². The molecule has 5 rings (SSSR count). The highest BCUT2D eigenvalue weighted by Gasteiger charge is 2.53. The summed E-state index contributed by atoms with van der Waals surface area (Å²) in [4.78, 5) is 54.2. The Morgan fingerprint density at radius 2 is 1.75 bits per heavy atom. The maximum atomic E-state index is 13.3. The molecular weight excluding hydrogens is 410 g/mol. The maximum absolute atomic E-state index is 13.3. The van der Waals surface area contributed by atoms with Crippen molar-refractivity contribution in [2.24, 2.45) is 14.1 Å². The normalized spacial score (nSPS) is 20.0. The van der Waals surface area contributed by atoms with Crippen LogP contribution in [0.5, 0.6) is 0 Å². The standard InChI is InChI=1S/C23H23N5O4/c1-23-11-10-20(30)28(23)16-7-5-4-6-15(16)21(31)27(23)13-19(29)24-14-8-9-17-18(12-14)26(3)22(32)25(17)2/h4-9,12H,10-11,13H2,1-3H3,(H,24,29). The minimum atomic E-state index is -0.896. The van der Waals surface area contributed by atoms with Crippen molar-refractivity contribution in [2.75, 3.05) is 16.8 Å². The zero-order chi connectivity index (χ0) is 22.8. The SMILES string of the molecule is Cn1c(=O)n(C)c2cc(NC(=O)CN3C(=O)c4ccccc4N4C(=O)CCC34C)ccc21. The molecule has 0 bridgehead atoms. The number of hydrogen-bond acceptors (Lipinski definition) is 4. The fourth-order valence-electron chi connectivity index (χ4n) is 4.87. The van der Waals surface area contributed by atoms with Gasteiger partial charge in [0.1, 0.15) is 12.2 Å². The Hall–Kier alpha value is -3.88. The summed E-state index contributed by atoms with van der Waals surface area (Å²) in [6.07, 6.45) is 0.770. The molecule has 1 atom stereocenters. The lowest BCUT2D eigenvalue weighted by atomic mass is 9.98. The Kier molecular flexibility index (Phi) is 4.27. The number of carbonyl (C=O) groups excluding carboxylic acids is 3. The highest BCUT2D eigenvalue weighted by Crippen LogP contribution is 2.43. The number of nitrogens with one attached hydrogen (secondary N) is 1. The molecule has 1 fully saturated rings. The number of nitrogens with zero attached hydrogens (tertiary/aromatic N) is 4. The minimum absolute atomic E-state index is 0.0618. The molecule has 2 aromatic carbocycles. The van der Waals surface area contributed by atoms with Crippen molar-refractivity contribution in [1.29, 1.82) is 0 Å². The Balaban J connectivity index is 1.45. The molecule has 0 aliphatic carbocycles. The molecule has 3 amide bonds. The lowest BCUT2D eigenvalue weighted by Crippen LogP contribution is -2.63. The first-order chi connectivity index (χ1) is 15.2. The molecular formula is C23H23N5O4. The van der Waals surface area contributed by atoms with Crippen LogP contribution in [0.4, 0.5) is 11.4 Å². The van der Waals surface area contributed by atoms with E-state index in [0.717, 1.165) is 5.52 Å². The molecule has 1 aromatic heterocycles. The van der Waals surface area contributed by atoms with E-state index in [0.29, 0.717) is 35.3 Å². The topological polar surface area (TPSA) is 96.7 Å². The molecule has 32 heavy (non-hydrogen) atoms. The van der Waals surface area contributed by atoms with Gasteiger partial charge in [-0.3, -0.25) is 28.4 Å². The maximum Gasteiger partial charge on any atom is 0.328 e. The summed E-state index contributed by atoms with van der Waals surface area (Å²) in [7, 11) is 3.37. The number of anilines is 2. The van der Waals surface area contributed by atoms with Gasteiger partial charge < -0.3 is 10.2 Å². The zero-order valence-electron chi connectivity index (χ0n) is 18.1. The van der Waals surface area contributed by atoms with Crippen LogP contribution in [0, 0.1) is 0 Å². The third kappa shape index (κ3) is 2.70. The molecule has 3 aromatic rings. The third-order valence-electron chi connectivity index (χ3n) is 6.60. The summed E-state index contributed by atoms with van der Waals surface area (Å²) in [5.74, 6) is -0.711. The molecule has 1 N–H and O–H groups in total. The summed E-state index contributed by atoms with van der Waals surface area (Å²) < 4.78 is 3.05. The summed E-state index contributed by atoms with van der Waals surface area (Å²) in [5, 5.41) is 2.83. The van der Waals surface area contributed by atoms with E-state index in [1.807, 2.05) is 6.92 Å². The summed E-state index contributed by atoms with van der Waals surface area (Å²) in [5.41, 5.74) is 1.93. The van der Waals surface area contributed by atoms with Crippen molar-refractivity contribution in [3.05, 3.63) is 58.5 Å². The number of carbonyl (C=O) groups is 3. The van der Waals surface area contributed by atoms with Crippen molar-refractivity contribution in [3.63, 3.8) is 0 Å². The number of para-hydroxylation sites is 1. The van der Waals surface area contributed by atoms with Gasteiger partial charge >= 0.3 is 5.69 Å². The van der Waals surface area contributed by atoms with Gasteiger partial charge in [0.2, 0.25) is 11.8 Å². The molecule has 0 saturated carbocycles. The molecule has 164 valence electrons. The third-order valence-corrected chi connectivity index (χ3v) is 6.60. The Bertz CT molecular complexity index is 1370. The molecule has 9 heteroatoms. The number of aryl methyl sites for hydroxylation is 2. The lowest BCUT2D eigenvalue weighted by molar-refractivity contribution is -0.120. The Morgan fingerprint density at radius 1 is 1.03 bits per heavy atom. The minimum Gasteiger partial charge on any atom is -0.324 e. The number of aromatic nitrogens is 2. The van der Waals surface area contributed by atoms with Crippen molar-refractivity contribution in [3.8, 4) is 0 Å². The highest BCUT2D eigenvalue weighted by molar-refractivity contribution is 6.11. The second kappa shape index (κ2) is 6.81. The van der Waals surface area contributed by atoms with Crippen LogP contribution in [0.1, 0.15) is 30.1 Å². The quantitative estimate of drug-likeness (QED) is 0.681. The van der Waals surface area contributed by atoms with Crippen LogP contribution >= 0.6 is 0 Å². The highest BCUT2D eigenvalue weighted by atomic mass is 16.2. The van der Waals surface area contributed by atoms with Gasteiger partial charge in [-0.15, -0.1) is 0 Å². The van der Waals surface area contributed by atoms with Crippen LogP contribution < -0.4 is 15.9 Å². The first kappa shape index (κ1) is 20.0. The smallest absolute Gasteiger partial charge is 0.324 e. The van der Waals surface area contributed by atoms with Gasteiger partial charge in [-0.25, -0.2) is 4.79 Å². The molecule has 2 aliphatic heterocycles. The molecule has 1 unspecified atom stereocenters. The average Bonchev–Trinajstić information content (AvgIpc) is 3.20.